The number of hydrogen-bond donors (Lipinski definition) is 1. The van der Waals surface area contributed by atoms with E-state index in [2.05, 4.69) is 10.1 Å². The molecule has 2 rings (SSSR count). The van der Waals surface area contributed by atoms with Crippen molar-refractivity contribution in [1.29, 1.82) is 0 Å². The van der Waals surface area contributed by atoms with E-state index in [0.717, 1.165) is 23.3 Å². The minimum atomic E-state index is -4.40. The third kappa shape index (κ3) is 2.55. The molecule has 0 aliphatic heterocycles. The van der Waals surface area contributed by atoms with Crippen molar-refractivity contribution in [3.63, 3.8) is 0 Å². The van der Waals surface area contributed by atoms with Crippen molar-refractivity contribution in [2.75, 3.05) is 6.54 Å². The lowest BCUT2D eigenvalue weighted by atomic mass is 10.2. The molecule has 2 aromatic heterocycles. The van der Waals surface area contributed by atoms with E-state index in [1.165, 1.54) is 0 Å². The molecule has 0 aliphatic carbocycles. The Morgan fingerprint density at radius 3 is 2.76 bits per heavy atom. The molecular weight excluding hydrogens is 233 g/mol. The van der Waals surface area contributed by atoms with E-state index in [-0.39, 0.29) is 0 Å². The van der Waals surface area contributed by atoms with Crippen LogP contribution < -0.4 is 5.73 Å². The highest BCUT2D eigenvalue weighted by atomic mass is 19.4. The SMILES string of the molecule is NCCCc1cc2ncc(C(F)(F)F)cn2n1. The van der Waals surface area contributed by atoms with Crippen LogP contribution >= 0.6 is 0 Å². The maximum absolute atomic E-state index is 12.4. The summed E-state index contributed by atoms with van der Waals surface area (Å²) in [6.07, 6.45) is -1.26. The van der Waals surface area contributed by atoms with Crippen LogP contribution in [-0.4, -0.2) is 21.1 Å². The molecule has 0 aromatic carbocycles. The van der Waals surface area contributed by atoms with Gasteiger partial charge in [-0.2, -0.15) is 18.3 Å². The summed E-state index contributed by atoms with van der Waals surface area (Å²) >= 11 is 0. The van der Waals surface area contributed by atoms with Gasteiger partial charge < -0.3 is 5.73 Å². The maximum atomic E-state index is 12.4. The van der Waals surface area contributed by atoms with Crippen LogP contribution in [0.3, 0.4) is 0 Å². The van der Waals surface area contributed by atoms with Gasteiger partial charge in [0.15, 0.2) is 5.65 Å². The van der Waals surface area contributed by atoms with E-state index < -0.39 is 11.7 Å². The Morgan fingerprint density at radius 2 is 2.12 bits per heavy atom. The molecule has 0 fully saturated rings. The number of rotatable bonds is 3. The summed E-state index contributed by atoms with van der Waals surface area (Å²) in [6.45, 7) is 0.523. The van der Waals surface area contributed by atoms with Crippen LogP contribution in [0.25, 0.3) is 5.65 Å². The van der Waals surface area contributed by atoms with E-state index in [9.17, 15) is 13.2 Å². The highest BCUT2D eigenvalue weighted by molar-refractivity contribution is 5.39. The van der Waals surface area contributed by atoms with Gasteiger partial charge in [0.25, 0.3) is 0 Å². The van der Waals surface area contributed by atoms with Crippen LogP contribution in [0.5, 0.6) is 0 Å². The molecule has 92 valence electrons. The monoisotopic (exact) mass is 244 g/mol. The van der Waals surface area contributed by atoms with Crippen molar-refractivity contribution in [3.05, 3.63) is 29.7 Å². The average molecular weight is 244 g/mol. The van der Waals surface area contributed by atoms with Crippen molar-refractivity contribution in [2.24, 2.45) is 5.73 Å². The van der Waals surface area contributed by atoms with Gasteiger partial charge in [-0.25, -0.2) is 9.50 Å². The quantitative estimate of drug-likeness (QED) is 0.892. The number of alkyl halides is 3. The second kappa shape index (κ2) is 4.33. The highest BCUT2D eigenvalue weighted by Crippen LogP contribution is 2.28. The van der Waals surface area contributed by atoms with Crippen LogP contribution in [-0.2, 0) is 12.6 Å². The van der Waals surface area contributed by atoms with Crippen LogP contribution in [0, 0.1) is 0 Å². The standard InChI is InChI=1S/C10H11F3N4/c11-10(12,13)7-5-15-9-4-8(2-1-3-14)16-17(9)6-7/h4-6H,1-3,14H2. The Kier molecular flexibility index (Phi) is 3.01. The number of hydrogen-bond acceptors (Lipinski definition) is 3. The Bertz CT molecular complexity index is 518. The molecule has 2 N–H and O–H groups in total. The molecule has 0 unspecified atom stereocenters. The Morgan fingerprint density at radius 1 is 1.35 bits per heavy atom. The van der Waals surface area contributed by atoms with Crippen LogP contribution in [0.4, 0.5) is 13.2 Å². The second-order valence-corrected chi connectivity index (χ2v) is 3.67. The number of nitrogens with two attached hydrogens (primary N) is 1. The molecule has 2 aromatic rings. The van der Waals surface area contributed by atoms with Gasteiger partial charge in [0.2, 0.25) is 0 Å². The molecule has 7 heteroatoms. The Hall–Kier alpha value is -1.63. The zero-order valence-corrected chi connectivity index (χ0v) is 8.91. The van der Waals surface area contributed by atoms with Crippen molar-refractivity contribution in [2.45, 2.75) is 19.0 Å². The van der Waals surface area contributed by atoms with Gasteiger partial charge in [0.1, 0.15) is 0 Å². The largest absolute Gasteiger partial charge is 0.419 e. The molecule has 0 saturated heterocycles. The number of fused-ring (bicyclic) bond motifs is 1. The molecule has 2 heterocycles. The lowest BCUT2D eigenvalue weighted by molar-refractivity contribution is -0.138. The molecule has 4 nitrogen and oxygen atoms in total. The van der Waals surface area contributed by atoms with Gasteiger partial charge in [-0.1, -0.05) is 0 Å². The summed E-state index contributed by atoms with van der Waals surface area (Å²) in [6, 6.07) is 1.66. The third-order valence-electron chi connectivity index (χ3n) is 2.33. The summed E-state index contributed by atoms with van der Waals surface area (Å²) in [5.41, 5.74) is 5.65. The Balaban J connectivity index is 2.34. The first-order chi connectivity index (χ1) is 8.00. The van der Waals surface area contributed by atoms with Crippen molar-refractivity contribution in [3.8, 4) is 0 Å². The molecule has 0 bridgehead atoms. The fourth-order valence-corrected chi connectivity index (χ4v) is 1.48. The molecular formula is C10H11F3N4. The normalized spacial score (nSPS) is 12.2. The van der Waals surface area contributed by atoms with Crippen molar-refractivity contribution < 1.29 is 13.2 Å². The highest BCUT2D eigenvalue weighted by Gasteiger charge is 2.31. The molecule has 0 saturated carbocycles. The molecule has 0 radical (unpaired) electrons. The van der Waals surface area contributed by atoms with E-state index in [1.807, 2.05) is 0 Å². The molecule has 17 heavy (non-hydrogen) atoms. The fraction of sp³-hybridized carbons (Fsp3) is 0.400. The zero-order valence-electron chi connectivity index (χ0n) is 8.91. The number of nitrogens with zero attached hydrogens (tertiary/aromatic N) is 3. The summed E-state index contributed by atoms with van der Waals surface area (Å²) in [7, 11) is 0. The lowest BCUT2D eigenvalue weighted by Gasteiger charge is -2.05. The third-order valence-corrected chi connectivity index (χ3v) is 2.33. The first-order valence-corrected chi connectivity index (χ1v) is 5.12. The number of aromatic nitrogens is 3. The zero-order chi connectivity index (χ0) is 12.5. The van der Waals surface area contributed by atoms with Crippen LogP contribution in [0.1, 0.15) is 17.7 Å². The summed E-state index contributed by atoms with van der Waals surface area (Å²) in [5, 5.41) is 4.02. The fourth-order valence-electron chi connectivity index (χ4n) is 1.48. The molecule has 0 amide bonds. The van der Waals surface area contributed by atoms with Crippen molar-refractivity contribution >= 4 is 5.65 Å². The molecule has 0 atom stereocenters. The number of halogens is 3. The average Bonchev–Trinajstić information content (AvgIpc) is 2.66. The smallest absolute Gasteiger partial charge is 0.330 e. The predicted octanol–water partition coefficient (Wildman–Crippen LogP) is 1.64. The Labute approximate surface area is 95.3 Å². The minimum Gasteiger partial charge on any atom is -0.330 e. The van der Waals surface area contributed by atoms with E-state index in [4.69, 9.17) is 5.73 Å². The van der Waals surface area contributed by atoms with Gasteiger partial charge in [-0.05, 0) is 19.4 Å². The summed E-state index contributed by atoms with van der Waals surface area (Å²) in [4.78, 5) is 3.73. The minimum absolute atomic E-state index is 0.407. The maximum Gasteiger partial charge on any atom is 0.419 e. The van der Waals surface area contributed by atoms with Gasteiger partial charge in [-0.3, -0.25) is 0 Å². The predicted molar refractivity (Wildman–Crippen MR) is 55.4 cm³/mol. The molecule has 0 aliphatic rings. The second-order valence-electron chi connectivity index (χ2n) is 3.67. The van der Waals surface area contributed by atoms with E-state index >= 15 is 0 Å². The van der Waals surface area contributed by atoms with Gasteiger partial charge in [0, 0.05) is 18.5 Å². The van der Waals surface area contributed by atoms with E-state index in [1.54, 1.807) is 6.07 Å². The topological polar surface area (TPSA) is 56.2 Å². The lowest BCUT2D eigenvalue weighted by Crippen LogP contribution is -2.07. The molecule has 0 spiro atoms. The van der Waals surface area contributed by atoms with E-state index in [0.29, 0.717) is 24.3 Å². The van der Waals surface area contributed by atoms with Gasteiger partial charge >= 0.3 is 6.18 Å². The summed E-state index contributed by atoms with van der Waals surface area (Å²) in [5.74, 6) is 0. The summed E-state index contributed by atoms with van der Waals surface area (Å²) < 4.78 is 38.4. The van der Waals surface area contributed by atoms with Gasteiger partial charge in [0.05, 0.1) is 11.3 Å². The van der Waals surface area contributed by atoms with Crippen LogP contribution in [0.2, 0.25) is 0 Å². The first kappa shape index (κ1) is 11.8. The van der Waals surface area contributed by atoms with Crippen LogP contribution in [0.15, 0.2) is 18.5 Å². The van der Waals surface area contributed by atoms with Gasteiger partial charge in [-0.15, -0.1) is 0 Å². The first-order valence-electron chi connectivity index (χ1n) is 5.12. The number of aryl methyl sites for hydroxylation is 1. The van der Waals surface area contributed by atoms with Crippen molar-refractivity contribution in [1.82, 2.24) is 14.6 Å².